The number of hydrogen-bond donors (Lipinski definition) is 1. The van der Waals surface area contributed by atoms with E-state index in [-0.39, 0.29) is 5.91 Å². The van der Waals surface area contributed by atoms with Crippen LogP contribution in [0.2, 0.25) is 0 Å². The third-order valence-electron chi connectivity index (χ3n) is 2.36. The van der Waals surface area contributed by atoms with Crippen molar-refractivity contribution < 1.29 is 4.79 Å². The quantitative estimate of drug-likeness (QED) is 0.416. The molecule has 0 aromatic heterocycles. The molecule has 3 heteroatoms. The second-order valence-electron chi connectivity index (χ2n) is 3.82. The van der Waals surface area contributed by atoms with Crippen molar-refractivity contribution in [3.63, 3.8) is 0 Å². The smallest absolute Gasteiger partial charge is 0.220 e. The summed E-state index contributed by atoms with van der Waals surface area (Å²) in [6.07, 6.45) is 5.38. The normalized spacial score (nSPS) is 12.5. The number of amides is 1. The summed E-state index contributed by atoms with van der Waals surface area (Å²) in [5, 5.41) is 2.97. The number of unbranched alkanes of at least 4 members (excludes halogenated alkanes) is 2. The molecule has 1 unspecified atom stereocenters. The van der Waals surface area contributed by atoms with Crippen LogP contribution in [-0.2, 0) is 4.79 Å². The fourth-order valence-corrected chi connectivity index (χ4v) is 1.70. The molecule has 0 bridgehead atoms. The van der Waals surface area contributed by atoms with E-state index >= 15 is 0 Å². The highest BCUT2D eigenvalue weighted by Gasteiger charge is 2.05. The first kappa shape index (κ1) is 14.2. The van der Waals surface area contributed by atoms with Crippen LogP contribution in [0.15, 0.2) is 0 Å². The molecule has 0 aromatic carbocycles. The molecule has 0 spiro atoms. The van der Waals surface area contributed by atoms with E-state index in [4.69, 9.17) is 0 Å². The topological polar surface area (TPSA) is 29.1 Å². The van der Waals surface area contributed by atoms with Gasteiger partial charge < -0.3 is 5.32 Å². The molecule has 0 saturated carbocycles. The highest BCUT2D eigenvalue weighted by Crippen LogP contribution is 2.05. The molecule has 1 N–H and O–H groups in total. The minimum atomic E-state index is 0.217. The zero-order chi connectivity index (χ0) is 10.8. The van der Waals surface area contributed by atoms with E-state index in [1.807, 2.05) is 0 Å². The van der Waals surface area contributed by atoms with Crippen LogP contribution < -0.4 is 5.32 Å². The van der Waals surface area contributed by atoms with E-state index in [0.29, 0.717) is 12.3 Å². The van der Waals surface area contributed by atoms with E-state index in [1.165, 1.54) is 17.3 Å². The number of hydrogen-bond acceptors (Lipinski definition) is 1. The number of carbonyl (C=O) groups excluding carboxylic acids is 1. The maximum Gasteiger partial charge on any atom is 0.220 e. The van der Waals surface area contributed by atoms with Crippen molar-refractivity contribution in [2.45, 2.75) is 46.0 Å². The molecule has 0 aromatic rings. The third-order valence-corrected chi connectivity index (χ3v) is 3.13. The summed E-state index contributed by atoms with van der Waals surface area (Å²) in [6, 6.07) is 0. The fraction of sp³-hybridized carbons (Fsp3) is 0.909. The molecule has 0 saturated heterocycles. The molecule has 1 amide bonds. The van der Waals surface area contributed by atoms with Crippen molar-refractivity contribution in [3.05, 3.63) is 0 Å². The second-order valence-corrected chi connectivity index (χ2v) is 4.90. The van der Waals surface area contributed by atoms with Crippen LogP contribution in [0, 0.1) is 5.92 Å². The first-order valence-electron chi connectivity index (χ1n) is 5.53. The molecule has 0 aliphatic heterocycles. The lowest BCUT2D eigenvalue weighted by atomic mass is 10.1. The molecular formula is C11H22INO. The van der Waals surface area contributed by atoms with Gasteiger partial charge in [-0.1, -0.05) is 49.3 Å². The zero-order valence-electron chi connectivity index (χ0n) is 9.31. The molecule has 0 rings (SSSR count). The molecule has 0 radical (unpaired) electrons. The summed E-state index contributed by atoms with van der Waals surface area (Å²) in [5.74, 6) is 0.734. The van der Waals surface area contributed by atoms with E-state index in [1.54, 1.807) is 0 Å². The number of alkyl halides is 1. The summed E-state index contributed by atoms with van der Waals surface area (Å²) in [6.45, 7) is 5.10. The van der Waals surface area contributed by atoms with Gasteiger partial charge in [-0.15, -0.1) is 0 Å². The lowest BCUT2D eigenvalue weighted by molar-refractivity contribution is -0.121. The van der Waals surface area contributed by atoms with Gasteiger partial charge in [0.15, 0.2) is 0 Å². The molecular weight excluding hydrogens is 289 g/mol. The molecule has 1 atom stereocenters. The van der Waals surface area contributed by atoms with Gasteiger partial charge in [0.1, 0.15) is 0 Å². The standard InChI is InChI=1S/C11H22INO/c1-3-10(2)9-11(14)13-8-6-4-5-7-12/h10H,3-9H2,1-2H3,(H,13,14). The first-order chi connectivity index (χ1) is 6.70. The van der Waals surface area contributed by atoms with Gasteiger partial charge >= 0.3 is 0 Å². The van der Waals surface area contributed by atoms with Crippen LogP contribution in [0.5, 0.6) is 0 Å². The van der Waals surface area contributed by atoms with Gasteiger partial charge in [-0.25, -0.2) is 0 Å². The van der Waals surface area contributed by atoms with Crippen molar-refractivity contribution in [3.8, 4) is 0 Å². The minimum absolute atomic E-state index is 0.217. The summed E-state index contributed by atoms with van der Waals surface area (Å²) in [5.41, 5.74) is 0. The Bertz CT molecular complexity index is 150. The summed E-state index contributed by atoms with van der Waals surface area (Å²) < 4.78 is 1.22. The average molecular weight is 311 g/mol. The van der Waals surface area contributed by atoms with Crippen LogP contribution in [0.25, 0.3) is 0 Å². The second kappa shape index (κ2) is 9.74. The Morgan fingerprint density at radius 2 is 2.07 bits per heavy atom. The minimum Gasteiger partial charge on any atom is -0.356 e. The van der Waals surface area contributed by atoms with Gasteiger partial charge in [-0.2, -0.15) is 0 Å². The van der Waals surface area contributed by atoms with E-state index < -0.39 is 0 Å². The van der Waals surface area contributed by atoms with Gasteiger partial charge in [-0.3, -0.25) is 4.79 Å². The Kier molecular flexibility index (Phi) is 9.88. The van der Waals surface area contributed by atoms with Crippen LogP contribution in [0.3, 0.4) is 0 Å². The Labute approximate surface area is 101 Å². The van der Waals surface area contributed by atoms with E-state index in [0.717, 1.165) is 19.4 Å². The highest BCUT2D eigenvalue weighted by atomic mass is 127. The van der Waals surface area contributed by atoms with Crippen LogP contribution in [0.4, 0.5) is 0 Å². The van der Waals surface area contributed by atoms with Crippen molar-refractivity contribution in [2.24, 2.45) is 5.92 Å². The van der Waals surface area contributed by atoms with Gasteiger partial charge in [0.25, 0.3) is 0 Å². The maximum atomic E-state index is 11.3. The molecule has 0 fully saturated rings. The van der Waals surface area contributed by atoms with Crippen LogP contribution in [-0.4, -0.2) is 16.9 Å². The third kappa shape index (κ3) is 8.78. The Balaban J connectivity index is 3.27. The average Bonchev–Trinajstić information content (AvgIpc) is 2.17. The number of carbonyl (C=O) groups is 1. The highest BCUT2D eigenvalue weighted by molar-refractivity contribution is 14.1. The molecule has 2 nitrogen and oxygen atoms in total. The number of rotatable bonds is 8. The predicted octanol–water partition coefficient (Wildman–Crippen LogP) is 3.14. The SMILES string of the molecule is CCC(C)CC(=O)NCCCCCI. The van der Waals surface area contributed by atoms with Crippen LogP contribution in [0.1, 0.15) is 46.0 Å². The van der Waals surface area contributed by atoms with Crippen molar-refractivity contribution in [2.75, 3.05) is 11.0 Å². The Morgan fingerprint density at radius 3 is 2.64 bits per heavy atom. The lowest BCUT2D eigenvalue weighted by Gasteiger charge is -2.08. The predicted molar refractivity (Wildman–Crippen MR) is 69.8 cm³/mol. The molecule has 14 heavy (non-hydrogen) atoms. The van der Waals surface area contributed by atoms with Crippen molar-refractivity contribution in [1.29, 1.82) is 0 Å². The Hall–Kier alpha value is 0.200. The van der Waals surface area contributed by atoms with Gasteiger partial charge in [-0.05, 0) is 23.2 Å². The largest absolute Gasteiger partial charge is 0.356 e. The van der Waals surface area contributed by atoms with E-state index in [2.05, 4.69) is 41.8 Å². The fourth-order valence-electron chi connectivity index (χ4n) is 1.16. The molecule has 0 heterocycles. The van der Waals surface area contributed by atoms with Crippen LogP contribution >= 0.6 is 22.6 Å². The van der Waals surface area contributed by atoms with E-state index in [9.17, 15) is 4.79 Å². The van der Waals surface area contributed by atoms with Gasteiger partial charge in [0.2, 0.25) is 5.91 Å². The summed E-state index contributed by atoms with van der Waals surface area (Å²) >= 11 is 2.39. The van der Waals surface area contributed by atoms with Gasteiger partial charge in [0.05, 0.1) is 0 Å². The van der Waals surface area contributed by atoms with Crippen molar-refractivity contribution >= 4 is 28.5 Å². The summed E-state index contributed by atoms with van der Waals surface area (Å²) in [7, 11) is 0. The number of nitrogens with one attached hydrogen (secondary N) is 1. The monoisotopic (exact) mass is 311 g/mol. The van der Waals surface area contributed by atoms with Crippen molar-refractivity contribution in [1.82, 2.24) is 5.32 Å². The Morgan fingerprint density at radius 1 is 1.36 bits per heavy atom. The molecule has 0 aliphatic rings. The molecule has 0 aliphatic carbocycles. The zero-order valence-corrected chi connectivity index (χ0v) is 11.5. The molecule has 84 valence electrons. The number of halogens is 1. The maximum absolute atomic E-state index is 11.3. The summed E-state index contributed by atoms with van der Waals surface area (Å²) in [4.78, 5) is 11.3. The van der Waals surface area contributed by atoms with Gasteiger partial charge in [0, 0.05) is 13.0 Å². The lowest BCUT2D eigenvalue weighted by Crippen LogP contribution is -2.25. The first-order valence-corrected chi connectivity index (χ1v) is 7.06.